The predicted molar refractivity (Wildman–Crippen MR) is 106 cm³/mol. The third-order valence-electron chi connectivity index (χ3n) is 4.20. The number of aromatic carboxylic acids is 1. The van der Waals surface area contributed by atoms with Gasteiger partial charge in [0.25, 0.3) is 0 Å². The molecule has 1 atom stereocenters. The predicted octanol–water partition coefficient (Wildman–Crippen LogP) is 2.53. The van der Waals surface area contributed by atoms with Crippen LogP contribution in [0, 0.1) is 5.92 Å². The zero-order valence-corrected chi connectivity index (χ0v) is 15.9. The molecule has 0 fully saturated rings. The van der Waals surface area contributed by atoms with Crippen molar-refractivity contribution in [1.82, 2.24) is 16.0 Å². The molecule has 0 bridgehead atoms. The van der Waals surface area contributed by atoms with Gasteiger partial charge in [-0.3, -0.25) is 4.79 Å². The molecule has 0 aliphatic rings. The standard InChI is InChI=1S/C21H25N3O4/c1-14(2)18(24-21(28)23-13-15-6-4-3-5-7-15)19(25)22-12-16-8-10-17(11-9-16)20(26)27/h3-11,14,18H,12-13H2,1-2H3,(H,22,25)(H,26,27)(H2,23,24,28). The minimum absolute atomic E-state index is 0.100. The highest BCUT2D eigenvalue weighted by Crippen LogP contribution is 2.06. The average molecular weight is 383 g/mol. The summed E-state index contributed by atoms with van der Waals surface area (Å²) in [5, 5.41) is 17.1. The number of carbonyl (C=O) groups is 3. The molecule has 148 valence electrons. The smallest absolute Gasteiger partial charge is 0.335 e. The summed E-state index contributed by atoms with van der Waals surface area (Å²) in [6.45, 7) is 4.32. The molecule has 7 heteroatoms. The molecular formula is C21H25N3O4. The summed E-state index contributed by atoms with van der Waals surface area (Å²) in [4.78, 5) is 35.5. The molecular weight excluding hydrogens is 358 g/mol. The first kappa shape index (κ1) is 21.0. The molecule has 3 amide bonds. The summed E-state index contributed by atoms with van der Waals surface area (Å²) in [5.74, 6) is -1.40. The lowest BCUT2D eigenvalue weighted by atomic mass is 10.0. The molecule has 7 nitrogen and oxygen atoms in total. The first-order valence-corrected chi connectivity index (χ1v) is 9.05. The number of rotatable bonds is 8. The molecule has 28 heavy (non-hydrogen) atoms. The molecule has 2 aromatic rings. The van der Waals surface area contributed by atoms with Gasteiger partial charge in [0.1, 0.15) is 6.04 Å². The SMILES string of the molecule is CC(C)C(NC(=O)NCc1ccccc1)C(=O)NCc1ccc(C(=O)O)cc1. The lowest BCUT2D eigenvalue weighted by molar-refractivity contribution is -0.124. The number of amides is 3. The highest BCUT2D eigenvalue weighted by molar-refractivity contribution is 5.88. The van der Waals surface area contributed by atoms with Crippen LogP contribution in [0.15, 0.2) is 54.6 Å². The van der Waals surface area contributed by atoms with Crippen molar-refractivity contribution in [3.05, 3.63) is 71.3 Å². The summed E-state index contributed by atoms with van der Waals surface area (Å²) in [6, 6.07) is 14.7. The number of hydrogen-bond acceptors (Lipinski definition) is 3. The zero-order valence-electron chi connectivity index (χ0n) is 15.9. The van der Waals surface area contributed by atoms with Gasteiger partial charge in [-0.25, -0.2) is 9.59 Å². The van der Waals surface area contributed by atoms with Crippen molar-refractivity contribution in [3.63, 3.8) is 0 Å². The van der Waals surface area contributed by atoms with E-state index in [-0.39, 0.29) is 23.9 Å². The highest BCUT2D eigenvalue weighted by atomic mass is 16.4. The third kappa shape index (κ3) is 6.42. The van der Waals surface area contributed by atoms with Crippen molar-refractivity contribution in [1.29, 1.82) is 0 Å². The van der Waals surface area contributed by atoms with Gasteiger partial charge in [-0.15, -0.1) is 0 Å². The molecule has 0 aliphatic carbocycles. The lowest BCUT2D eigenvalue weighted by Crippen LogP contribution is -2.52. The Morgan fingerprint density at radius 3 is 2.00 bits per heavy atom. The van der Waals surface area contributed by atoms with E-state index < -0.39 is 18.0 Å². The van der Waals surface area contributed by atoms with Crippen LogP contribution in [0.4, 0.5) is 4.79 Å². The second-order valence-corrected chi connectivity index (χ2v) is 6.75. The van der Waals surface area contributed by atoms with E-state index in [2.05, 4.69) is 16.0 Å². The summed E-state index contributed by atoms with van der Waals surface area (Å²) < 4.78 is 0. The molecule has 4 N–H and O–H groups in total. The Balaban J connectivity index is 1.86. The molecule has 0 aliphatic heterocycles. The maximum atomic E-state index is 12.5. The van der Waals surface area contributed by atoms with E-state index in [1.165, 1.54) is 12.1 Å². The summed E-state index contributed by atoms with van der Waals surface area (Å²) in [7, 11) is 0. The topological polar surface area (TPSA) is 108 Å². The Morgan fingerprint density at radius 1 is 0.857 bits per heavy atom. The van der Waals surface area contributed by atoms with Crippen LogP contribution < -0.4 is 16.0 Å². The number of carboxylic acid groups (broad SMARTS) is 1. The number of nitrogens with one attached hydrogen (secondary N) is 3. The van der Waals surface area contributed by atoms with E-state index >= 15 is 0 Å². The van der Waals surface area contributed by atoms with Gasteiger partial charge in [-0.2, -0.15) is 0 Å². The van der Waals surface area contributed by atoms with Crippen molar-refractivity contribution in [2.75, 3.05) is 0 Å². The van der Waals surface area contributed by atoms with Crippen LogP contribution in [0.25, 0.3) is 0 Å². The van der Waals surface area contributed by atoms with E-state index in [1.807, 2.05) is 44.2 Å². The molecule has 0 saturated carbocycles. The van der Waals surface area contributed by atoms with Crippen LogP contribution in [-0.4, -0.2) is 29.1 Å². The Labute approximate surface area is 164 Å². The van der Waals surface area contributed by atoms with Crippen molar-refractivity contribution >= 4 is 17.9 Å². The quantitative estimate of drug-likeness (QED) is 0.562. The molecule has 2 rings (SSSR count). The number of urea groups is 1. The minimum Gasteiger partial charge on any atom is -0.478 e. The molecule has 1 unspecified atom stereocenters. The fourth-order valence-corrected chi connectivity index (χ4v) is 2.57. The second kappa shape index (κ2) is 10.1. The highest BCUT2D eigenvalue weighted by Gasteiger charge is 2.23. The average Bonchev–Trinajstić information content (AvgIpc) is 2.69. The molecule has 0 heterocycles. The van der Waals surface area contributed by atoms with Crippen LogP contribution in [0.1, 0.15) is 35.3 Å². The maximum Gasteiger partial charge on any atom is 0.335 e. The van der Waals surface area contributed by atoms with Gasteiger partial charge in [0.2, 0.25) is 5.91 Å². The van der Waals surface area contributed by atoms with E-state index in [4.69, 9.17) is 5.11 Å². The van der Waals surface area contributed by atoms with Crippen LogP contribution in [0.5, 0.6) is 0 Å². The Kier molecular flexibility index (Phi) is 7.56. The third-order valence-corrected chi connectivity index (χ3v) is 4.20. The van der Waals surface area contributed by atoms with E-state index in [0.29, 0.717) is 6.54 Å². The molecule has 0 radical (unpaired) electrons. The number of hydrogen-bond donors (Lipinski definition) is 4. The van der Waals surface area contributed by atoms with E-state index in [9.17, 15) is 14.4 Å². The van der Waals surface area contributed by atoms with Gasteiger partial charge in [0.05, 0.1) is 5.56 Å². The van der Waals surface area contributed by atoms with Gasteiger partial charge in [-0.05, 0) is 29.2 Å². The molecule has 0 aromatic heterocycles. The van der Waals surface area contributed by atoms with Gasteiger partial charge in [0, 0.05) is 13.1 Å². The Hall–Kier alpha value is -3.35. The van der Waals surface area contributed by atoms with Gasteiger partial charge in [0.15, 0.2) is 0 Å². The van der Waals surface area contributed by atoms with Gasteiger partial charge >= 0.3 is 12.0 Å². The zero-order chi connectivity index (χ0) is 20.5. The van der Waals surface area contributed by atoms with Crippen molar-refractivity contribution < 1.29 is 19.5 Å². The summed E-state index contributed by atoms with van der Waals surface area (Å²) >= 11 is 0. The van der Waals surface area contributed by atoms with E-state index in [0.717, 1.165) is 11.1 Å². The van der Waals surface area contributed by atoms with Gasteiger partial charge in [-0.1, -0.05) is 56.3 Å². The molecule has 2 aromatic carbocycles. The number of carbonyl (C=O) groups excluding carboxylic acids is 2. The number of carboxylic acids is 1. The van der Waals surface area contributed by atoms with E-state index in [1.54, 1.807) is 12.1 Å². The first-order valence-electron chi connectivity index (χ1n) is 9.05. The van der Waals surface area contributed by atoms with Crippen LogP contribution >= 0.6 is 0 Å². The Morgan fingerprint density at radius 2 is 1.43 bits per heavy atom. The van der Waals surface area contributed by atoms with Crippen LogP contribution in [0.3, 0.4) is 0 Å². The molecule has 0 saturated heterocycles. The first-order chi connectivity index (χ1) is 13.4. The van der Waals surface area contributed by atoms with Gasteiger partial charge < -0.3 is 21.1 Å². The van der Waals surface area contributed by atoms with Crippen LogP contribution in [-0.2, 0) is 17.9 Å². The minimum atomic E-state index is -0.999. The molecule has 0 spiro atoms. The van der Waals surface area contributed by atoms with Crippen molar-refractivity contribution in [2.24, 2.45) is 5.92 Å². The second-order valence-electron chi connectivity index (χ2n) is 6.75. The Bertz CT molecular complexity index is 804. The van der Waals surface area contributed by atoms with Crippen molar-refractivity contribution in [3.8, 4) is 0 Å². The monoisotopic (exact) mass is 383 g/mol. The number of benzene rings is 2. The fraction of sp³-hybridized carbons (Fsp3) is 0.286. The summed E-state index contributed by atoms with van der Waals surface area (Å²) in [5.41, 5.74) is 1.93. The maximum absolute atomic E-state index is 12.5. The lowest BCUT2D eigenvalue weighted by Gasteiger charge is -2.22. The van der Waals surface area contributed by atoms with Crippen LogP contribution in [0.2, 0.25) is 0 Å². The normalized spacial score (nSPS) is 11.5. The van der Waals surface area contributed by atoms with Crippen molar-refractivity contribution in [2.45, 2.75) is 33.0 Å². The summed E-state index contributed by atoms with van der Waals surface area (Å²) in [6.07, 6.45) is 0. The fourth-order valence-electron chi connectivity index (χ4n) is 2.57. The largest absolute Gasteiger partial charge is 0.478 e.